The number of thiocarbonyl (C=S) groups is 1. The monoisotopic (exact) mass is 291 g/mol. The van der Waals surface area contributed by atoms with Crippen molar-refractivity contribution in [3.05, 3.63) is 53.0 Å². The number of pyridine rings is 1. The van der Waals surface area contributed by atoms with Crippen LogP contribution < -0.4 is 9.88 Å². The number of nitrogens with one attached hydrogen (secondary N) is 1. The molecule has 0 fully saturated rings. The number of hydrogen-bond donors (Lipinski definition) is 2. The van der Waals surface area contributed by atoms with Gasteiger partial charge in [0.05, 0.1) is 4.88 Å². The number of rotatable bonds is 4. The fourth-order valence-corrected chi connectivity index (χ4v) is 2.68. The van der Waals surface area contributed by atoms with E-state index in [1.54, 1.807) is 0 Å². The summed E-state index contributed by atoms with van der Waals surface area (Å²) in [5.74, 6) is 0.192. The molecule has 2 aromatic rings. The van der Waals surface area contributed by atoms with Crippen LogP contribution in [0.4, 0.5) is 0 Å². The van der Waals surface area contributed by atoms with Gasteiger partial charge in [0.15, 0.2) is 17.4 Å². The summed E-state index contributed by atoms with van der Waals surface area (Å²) in [7, 11) is 0. The first-order chi connectivity index (χ1) is 9.24. The summed E-state index contributed by atoms with van der Waals surface area (Å²) in [6.45, 7) is 2.69. The number of hydrogen-bond acceptors (Lipinski definition) is 3. The number of nitrogens with zero attached hydrogens (tertiary/aromatic N) is 1. The SMILES string of the molecule is CCNC(=S)/C(=C(/O)c1cccs1)[n+]1ccccc1. The Labute approximate surface area is 121 Å². The molecule has 2 aromatic heterocycles. The van der Waals surface area contributed by atoms with Crippen molar-refractivity contribution in [2.24, 2.45) is 0 Å². The Kier molecular flexibility index (Phi) is 4.65. The minimum absolute atomic E-state index is 0.192. The largest absolute Gasteiger partial charge is 0.501 e. The maximum Gasteiger partial charge on any atom is 0.288 e. The van der Waals surface area contributed by atoms with E-state index in [4.69, 9.17) is 12.2 Å². The Morgan fingerprint density at radius 2 is 2.05 bits per heavy atom. The quantitative estimate of drug-likeness (QED) is 0.393. The van der Waals surface area contributed by atoms with Crippen molar-refractivity contribution in [3.8, 4) is 0 Å². The van der Waals surface area contributed by atoms with Gasteiger partial charge in [0.25, 0.3) is 5.70 Å². The second-order valence-electron chi connectivity index (χ2n) is 3.82. The van der Waals surface area contributed by atoms with Gasteiger partial charge in [-0.1, -0.05) is 24.4 Å². The van der Waals surface area contributed by atoms with E-state index in [1.165, 1.54) is 11.3 Å². The Balaban J connectivity index is 2.52. The number of aromatic nitrogens is 1. The molecule has 0 unspecified atom stereocenters. The lowest BCUT2D eigenvalue weighted by molar-refractivity contribution is -0.576. The lowest BCUT2D eigenvalue weighted by Gasteiger charge is -2.07. The van der Waals surface area contributed by atoms with Crippen LogP contribution in [0.15, 0.2) is 48.1 Å². The van der Waals surface area contributed by atoms with Gasteiger partial charge < -0.3 is 10.4 Å². The number of thiophene rings is 1. The second-order valence-corrected chi connectivity index (χ2v) is 5.17. The smallest absolute Gasteiger partial charge is 0.288 e. The first-order valence-corrected chi connectivity index (χ1v) is 7.24. The van der Waals surface area contributed by atoms with Crippen molar-refractivity contribution in [2.75, 3.05) is 6.54 Å². The zero-order valence-corrected chi connectivity index (χ0v) is 12.2. The van der Waals surface area contributed by atoms with Crippen LogP contribution in [0.2, 0.25) is 0 Å². The molecule has 0 radical (unpaired) electrons. The normalized spacial score (nSPS) is 11.8. The van der Waals surface area contributed by atoms with Crippen molar-refractivity contribution < 1.29 is 9.67 Å². The van der Waals surface area contributed by atoms with E-state index in [9.17, 15) is 5.11 Å². The van der Waals surface area contributed by atoms with E-state index in [0.717, 1.165) is 4.88 Å². The molecule has 5 heteroatoms. The zero-order chi connectivity index (χ0) is 13.7. The van der Waals surface area contributed by atoms with Crippen LogP contribution in [-0.4, -0.2) is 16.6 Å². The Hall–Kier alpha value is -1.72. The van der Waals surface area contributed by atoms with Crippen molar-refractivity contribution in [2.45, 2.75) is 6.92 Å². The molecule has 2 N–H and O–H groups in total. The molecule has 0 amide bonds. The molecule has 3 nitrogen and oxygen atoms in total. The van der Waals surface area contributed by atoms with Crippen molar-refractivity contribution in [1.29, 1.82) is 0 Å². The average Bonchev–Trinajstić information content (AvgIpc) is 2.94. The van der Waals surface area contributed by atoms with E-state index < -0.39 is 0 Å². The van der Waals surface area contributed by atoms with Crippen LogP contribution >= 0.6 is 23.6 Å². The molecule has 2 rings (SSSR count). The fourth-order valence-electron chi connectivity index (χ4n) is 1.67. The van der Waals surface area contributed by atoms with Crippen molar-refractivity contribution in [1.82, 2.24) is 5.32 Å². The minimum atomic E-state index is 0.192. The molecule has 0 spiro atoms. The van der Waals surface area contributed by atoms with E-state index in [2.05, 4.69) is 5.32 Å². The number of aliphatic hydroxyl groups is 1. The van der Waals surface area contributed by atoms with Crippen LogP contribution in [0.5, 0.6) is 0 Å². The minimum Gasteiger partial charge on any atom is -0.501 e. The van der Waals surface area contributed by atoms with Crippen molar-refractivity contribution in [3.63, 3.8) is 0 Å². The zero-order valence-electron chi connectivity index (χ0n) is 10.5. The topological polar surface area (TPSA) is 36.1 Å². The molecular weight excluding hydrogens is 276 g/mol. The van der Waals surface area contributed by atoms with Crippen LogP contribution in [-0.2, 0) is 0 Å². The molecule has 0 atom stereocenters. The molecule has 0 bridgehead atoms. The van der Waals surface area contributed by atoms with Gasteiger partial charge in [-0.15, -0.1) is 11.3 Å². The molecular formula is C14H15N2OS2+. The second kappa shape index (κ2) is 6.45. The molecule has 98 valence electrons. The molecule has 0 saturated carbocycles. The maximum atomic E-state index is 10.5. The van der Waals surface area contributed by atoms with Gasteiger partial charge in [0, 0.05) is 18.7 Å². The standard InChI is InChI=1S/C14H14N2OS2/c1-2-15-14(18)12(16-8-4-3-5-9-16)13(17)11-7-6-10-19-11/h3-10H,2H2,1H3,(H-,15,17,18)/p+1. The van der Waals surface area contributed by atoms with Gasteiger partial charge in [-0.2, -0.15) is 4.57 Å². The number of aliphatic hydroxyl groups excluding tert-OH is 1. The highest BCUT2D eigenvalue weighted by atomic mass is 32.1. The summed E-state index contributed by atoms with van der Waals surface area (Å²) in [5, 5.41) is 15.5. The van der Waals surface area contributed by atoms with Crippen LogP contribution in [0.1, 0.15) is 11.8 Å². The first-order valence-electron chi connectivity index (χ1n) is 5.96. The van der Waals surface area contributed by atoms with Gasteiger partial charge in [-0.3, -0.25) is 0 Å². The highest BCUT2D eigenvalue weighted by Crippen LogP contribution is 2.21. The van der Waals surface area contributed by atoms with Gasteiger partial charge >= 0.3 is 0 Å². The Morgan fingerprint density at radius 3 is 2.63 bits per heavy atom. The lowest BCUT2D eigenvalue weighted by atomic mass is 10.3. The van der Waals surface area contributed by atoms with Crippen molar-refractivity contribution >= 4 is 40.0 Å². The van der Waals surface area contributed by atoms with E-state index in [1.807, 2.05) is 59.6 Å². The molecule has 0 aliphatic heterocycles. The molecule has 0 saturated heterocycles. The highest BCUT2D eigenvalue weighted by Gasteiger charge is 2.23. The molecule has 0 aliphatic rings. The summed E-state index contributed by atoms with van der Waals surface area (Å²) in [6.07, 6.45) is 3.73. The molecule has 19 heavy (non-hydrogen) atoms. The van der Waals surface area contributed by atoms with Gasteiger partial charge in [-0.05, 0) is 18.4 Å². The summed E-state index contributed by atoms with van der Waals surface area (Å²) in [4.78, 5) is 1.33. The maximum absolute atomic E-state index is 10.5. The first kappa shape index (κ1) is 13.7. The summed E-state index contributed by atoms with van der Waals surface area (Å²) >= 11 is 6.84. The molecule has 0 aliphatic carbocycles. The Morgan fingerprint density at radius 1 is 1.32 bits per heavy atom. The highest BCUT2D eigenvalue weighted by molar-refractivity contribution is 7.81. The van der Waals surface area contributed by atoms with Gasteiger partial charge in [0.2, 0.25) is 5.76 Å². The fraction of sp³-hybridized carbons (Fsp3) is 0.143. The Bertz CT molecular complexity index is 577. The third-order valence-corrected chi connectivity index (χ3v) is 3.72. The van der Waals surface area contributed by atoms with Gasteiger partial charge in [-0.25, -0.2) is 0 Å². The van der Waals surface area contributed by atoms with E-state index >= 15 is 0 Å². The lowest BCUT2D eigenvalue weighted by Crippen LogP contribution is -2.40. The summed E-state index contributed by atoms with van der Waals surface area (Å²) in [6, 6.07) is 9.50. The predicted octanol–water partition coefficient (Wildman–Crippen LogP) is 2.86. The van der Waals surface area contributed by atoms with Crippen LogP contribution in [0, 0.1) is 0 Å². The summed E-state index contributed by atoms with van der Waals surface area (Å²) in [5.41, 5.74) is 0.597. The number of likely N-dealkylation sites (N-methyl/N-ethyl adjacent to an activating group) is 1. The third-order valence-electron chi connectivity index (χ3n) is 2.51. The van der Waals surface area contributed by atoms with Crippen LogP contribution in [0.25, 0.3) is 11.5 Å². The third kappa shape index (κ3) is 3.19. The van der Waals surface area contributed by atoms with Crippen LogP contribution in [0.3, 0.4) is 0 Å². The van der Waals surface area contributed by atoms with E-state index in [0.29, 0.717) is 17.2 Å². The summed E-state index contributed by atoms with van der Waals surface area (Å²) < 4.78 is 1.82. The molecule has 0 aromatic carbocycles. The predicted molar refractivity (Wildman–Crippen MR) is 83.0 cm³/mol. The van der Waals surface area contributed by atoms with E-state index in [-0.39, 0.29) is 5.76 Å². The van der Waals surface area contributed by atoms with Gasteiger partial charge in [0.1, 0.15) is 0 Å². The molecule has 2 heterocycles. The average molecular weight is 291 g/mol.